The van der Waals surface area contributed by atoms with E-state index in [9.17, 15) is 14.7 Å². The van der Waals surface area contributed by atoms with E-state index in [1.165, 1.54) is 0 Å². The summed E-state index contributed by atoms with van der Waals surface area (Å²) >= 11 is 0. The number of rotatable bonds is 7. The van der Waals surface area contributed by atoms with E-state index < -0.39 is 6.04 Å². The number of imidazole rings is 1. The van der Waals surface area contributed by atoms with Gasteiger partial charge in [0.05, 0.1) is 22.8 Å². The van der Waals surface area contributed by atoms with Crippen molar-refractivity contribution in [2.24, 2.45) is 0 Å². The molecule has 1 aliphatic heterocycles. The van der Waals surface area contributed by atoms with E-state index in [2.05, 4.69) is 15.3 Å². The molecule has 3 N–H and O–H groups in total. The van der Waals surface area contributed by atoms with E-state index in [4.69, 9.17) is 4.74 Å². The molecule has 0 unspecified atom stereocenters. The normalized spacial score (nSPS) is 13.9. The molecule has 172 valence electrons. The third-order valence-electron chi connectivity index (χ3n) is 5.82. The lowest BCUT2D eigenvalue weighted by molar-refractivity contribution is -0.122. The summed E-state index contributed by atoms with van der Waals surface area (Å²) in [7, 11) is 0. The number of carbonyl (C=O) groups is 2. The van der Waals surface area contributed by atoms with Gasteiger partial charge in [-0.25, -0.2) is 4.98 Å². The van der Waals surface area contributed by atoms with Crippen molar-refractivity contribution in [1.82, 2.24) is 15.3 Å². The fraction of sp³-hybridized carbons (Fsp3) is 0.192. The van der Waals surface area contributed by atoms with E-state index in [0.717, 1.165) is 16.6 Å². The van der Waals surface area contributed by atoms with Crippen LogP contribution in [0, 0.1) is 0 Å². The predicted octanol–water partition coefficient (Wildman–Crippen LogP) is 3.48. The highest BCUT2D eigenvalue weighted by Crippen LogP contribution is 2.31. The molecule has 0 saturated heterocycles. The standard InChI is InChI=1S/C26H24N4O4/c31-18-11-9-17(10-12-18)15-21(26-28-19-5-1-2-6-20(19)29-26)27-24(32)13-14-30-22-7-3-4-8-23(22)34-16-25(30)33/h1-12,21,31H,13-16H2,(H,27,32)(H,28,29)/t21-/m0/s1. The van der Waals surface area contributed by atoms with Crippen molar-refractivity contribution in [1.29, 1.82) is 0 Å². The van der Waals surface area contributed by atoms with Crippen LogP contribution in [0.4, 0.5) is 5.69 Å². The van der Waals surface area contributed by atoms with Crippen LogP contribution in [0.25, 0.3) is 11.0 Å². The molecule has 1 aromatic heterocycles. The highest BCUT2D eigenvalue weighted by atomic mass is 16.5. The molecule has 4 aromatic rings. The van der Waals surface area contributed by atoms with Gasteiger partial charge in [-0.2, -0.15) is 0 Å². The number of nitrogens with zero attached hydrogens (tertiary/aromatic N) is 2. The number of para-hydroxylation sites is 4. The minimum atomic E-state index is -0.405. The summed E-state index contributed by atoms with van der Waals surface area (Å²) in [4.78, 5) is 35.0. The minimum absolute atomic E-state index is 0.0406. The Morgan fingerprint density at radius 3 is 2.68 bits per heavy atom. The topological polar surface area (TPSA) is 108 Å². The molecular weight excluding hydrogens is 432 g/mol. The first kappa shape index (κ1) is 21.5. The quantitative estimate of drug-likeness (QED) is 0.395. The Kier molecular flexibility index (Phi) is 5.86. The lowest BCUT2D eigenvalue weighted by Crippen LogP contribution is -2.41. The molecule has 2 amide bonds. The first-order valence-electron chi connectivity index (χ1n) is 11.1. The Bertz CT molecular complexity index is 1300. The minimum Gasteiger partial charge on any atom is -0.508 e. The molecule has 5 rings (SSSR count). The molecule has 0 radical (unpaired) electrons. The zero-order valence-electron chi connectivity index (χ0n) is 18.4. The van der Waals surface area contributed by atoms with Crippen LogP contribution in [-0.2, 0) is 16.0 Å². The largest absolute Gasteiger partial charge is 0.508 e. The summed E-state index contributed by atoms with van der Waals surface area (Å²) in [6.45, 7) is 0.207. The van der Waals surface area contributed by atoms with Crippen molar-refractivity contribution in [3.05, 3.63) is 84.2 Å². The molecule has 2 heterocycles. The van der Waals surface area contributed by atoms with Crippen LogP contribution in [0.3, 0.4) is 0 Å². The van der Waals surface area contributed by atoms with Crippen LogP contribution in [0.15, 0.2) is 72.8 Å². The first-order chi connectivity index (χ1) is 16.6. The van der Waals surface area contributed by atoms with E-state index in [-0.39, 0.29) is 37.1 Å². The number of hydrogen-bond donors (Lipinski definition) is 3. The summed E-state index contributed by atoms with van der Waals surface area (Å²) in [5, 5.41) is 12.7. The lowest BCUT2D eigenvalue weighted by atomic mass is 10.0. The lowest BCUT2D eigenvalue weighted by Gasteiger charge is -2.29. The summed E-state index contributed by atoms with van der Waals surface area (Å²) < 4.78 is 5.48. The average Bonchev–Trinajstić information content (AvgIpc) is 3.29. The fourth-order valence-corrected chi connectivity index (χ4v) is 4.10. The highest BCUT2D eigenvalue weighted by Gasteiger charge is 2.26. The molecule has 1 atom stereocenters. The Labute approximate surface area is 196 Å². The van der Waals surface area contributed by atoms with Gasteiger partial charge in [-0.05, 0) is 48.4 Å². The first-order valence-corrected chi connectivity index (χ1v) is 11.1. The summed E-state index contributed by atoms with van der Waals surface area (Å²) in [5.41, 5.74) is 3.32. The van der Waals surface area contributed by atoms with Gasteiger partial charge in [0.2, 0.25) is 5.91 Å². The molecule has 8 nitrogen and oxygen atoms in total. The second-order valence-electron chi connectivity index (χ2n) is 8.18. The van der Waals surface area contributed by atoms with Gasteiger partial charge in [-0.15, -0.1) is 0 Å². The maximum Gasteiger partial charge on any atom is 0.265 e. The maximum absolute atomic E-state index is 13.0. The Hall–Kier alpha value is -4.33. The molecule has 0 saturated carbocycles. The molecule has 1 aliphatic rings. The number of ether oxygens (including phenoxy) is 1. The second kappa shape index (κ2) is 9.27. The van der Waals surface area contributed by atoms with Crippen LogP contribution in [0.1, 0.15) is 23.9 Å². The second-order valence-corrected chi connectivity index (χ2v) is 8.18. The van der Waals surface area contributed by atoms with Gasteiger partial charge < -0.3 is 25.0 Å². The number of anilines is 1. The molecule has 8 heteroatoms. The zero-order chi connectivity index (χ0) is 23.5. The van der Waals surface area contributed by atoms with Crippen molar-refractivity contribution in [2.75, 3.05) is 18.1 Å². The van der Waals surface area contributed by atoms with Gasteiger partial charge in [0.15, 0.2) is 6.61 Å². The third-order valence-corrected chi connectivity index (χ3v) is 5.82. The molecule has 3 aromatic carbocycles. The number of fused-ring (bicyclic) bond motifs is 2. The summed E-state index contributed by atoms with van der Waals surface area (Å²) in [6, 6.07) is 21.5. The number of hydrogen-bond acceptors (Lipinski definition) is 5. The Morgan fingerprint density at radius 2 is 1.85 bits per heavy atom. The number of carbonyl (C=O) groups excluding carboxylic acids is 2. The molecule has 0 bridgehead atoms. The summed E-state index contributed by atoms with van der Waals surface area (Å²) in [6.07, 6.45) is 0.623. The van der Waals surface area contributed by atoms with Gasteiger partial charge in [0.25, 0.3) is 5.91 Å². The van der Waals surface area contributed by atoms with E-state index in [0.29, 0.717) is 23.7 Å². The molecule has 34 heavy (non-hydrogen) atoms. The number of aromatic nitrogens is 2. The average molecular weight is 457 g/mol. The number of phenolic OH excluding ortho intramolecular Hbond substituents is 1. The van der Waals surface area contributed by atoms with E-state index in [1.54, 1.807) is 17.0 Å². The van der Waals surface area contributed by atoms with Gasteiger partial charge in [-0.3, -0.25) is 9.59 Å². The van der Waals surface area contributed by atoms with Crippen molar-refractivity contribution >= 4 is 28.5 Å². The van der Waals surface area contributed by atoms with Crippen molar-refractivity contribution in [2.45, 2.75) is 18.9 Å². The Morgan fingerprint density at radius 1 is 1.09 bits per heavy atom. The van der Waals surface area contributed by atoms with Crippen molar-refractivity contribution in [3.8, 4) is 11.5 Å². The van der Waals surface area contributed by atoms with Gasteiger partial charge in [0.1, 0.15) is 17.3 Å². The van der Waals surface area contributed by atoms with Crippen molar-refractivity contribution in [3.63, 3.8) is 0 Å². The molecule has 0 aliphatic carbocycles. The number of phenols is 1. The van der Waals surface area contributed by atoms with Gasteiger partial charge in [-0.1, -0.05) is 36.4 Å². The third kappa shape index (κ3) is 4.56. The Balaban J connectivity index is 1.33. The highest BCUT2D eigenvalue weighted by molar-refractivity contribution is 5.98. The van der Waals surface area contributed by atoms with Crippen LogP contribution in [0.5, 0.6) is 11.5 Å². The fourth-order valence-electron chi connectivity index (χ4n) is 4.10. The molecule has 0 fully saturated rings. The van der Waals surface area contributed by atoms with E-state index >= 15 is 0 Å². The predicted molar refractivity (Wildman–Crippen MR) is 128 cm³/mol. The number of aromatic hydroxyl groups is 1. The number of amides is 2. The summed E-state index contributed by atoms with van der Waals surface area (Å²) in [5.74, 6) is 1.10. The smallest absolute Gasteiger partial charge is 0.265 e. The number of nitrogens with one attached hydrogen (secondary N) is 2. The van der Waals surface area contributed by atoms with Gasteiger partial charge in [0, 0.05) is 13.0 Å². The van der Waals surface area contributed by atoms with Crippen LogP contribution >= 0.6 is 0 Å². The maximum atomic E-state index is 13.0. The van der Waals surface area contributed by atoms with Crippen LogP contribution in [0.2, 0.25) is 0 Å². The number of aromatic amines is 1. The van der Waals surface area contributed by atoms with Crippen LogP contribution in [-0.4, -0.2) is 40.0 Å². The van der Waals surface area contributed by atoms with E-state index in [1.807, 2.05) is 60.7 Å². The molecular formula is C26H24N4O4. The number of benzene rings is 3. The van der Waals surface area contributed by atoms with Gasteiger partial charge >= 0.3 is 0 Å². The van der Waals surface area contributed by atoms with Crippen molar-refractivity contribution < 1.29 is 19.4 Å². The van der Waals surface area contributed by atoms with Crippen LogP contribution < -0.4 is 15.0 Å². The monoisotopic (exact) mass is 456 g/mol. The SMILES string of the molecule is O=C(CCN1C(=O)COc2ccccc21)N[C@@H](Cc1ccc(O)cc1)c1nc2ccccc2[nH]1. The zero-order valence-corrected chi connectivity index (χ0v) is 18.4. The number of H-pyrrole nitrogens is 1. The molecule has 0 spiro atoms.